The molecule has 0 amide bonds. The van der Waals surface area contributed by atoms with E-state index in [0.717, 1.165) is 11.5 Å². The van der Waals surface area contributed by atoms with Crippen LogP contribution in [0, 0.1) is 5.82 Å². The van der Waals surface area contributed by atoms with Crippen LogP contribution in [0.2, 0.25) is 0 Å². The first-order valence-corrected chi connectivity index (χ1v) is 4.77. The average Bonchev–Trinajstić information content (AvgIpc) is 2.23. The van der Waals surface area contributed by atoms with Crippen LogP contribution in [-0.2, 0) is 6.54 Å². The van der Waals surface area contributed by atoms with Crippen molar-refractivity contribution in [2.75, 3.05) is 21.1 Å². The summed E-state index contributed by atoms with van der Waals surface area (Å²) in [5.74, 6) is 0.596. The summed E-state index contributed by atoms with van der Waals surface area (Å²) in [5.41, 5.74) is 1.05. The van der Waals surface area contributed by atoms with Gasteiger partial charge in [0.2, 0.25) is 0 Å². The zero-order chi connectivity index (χ0) is 11.3. The predicted molar refractivity (Wildman–Crippen MR) is 60.3 cm³/mol. The van der Waals surface area contributed by atoms with Crippen LogP contribution in [0.25, 0.3) is 0 Å². The van der Waals surface area contributed by atoms with E-state index in [0.29, 0.717) is 6.54 Å². The van der Waals surface area contributed by atoms with Crippen LogP contribution in [0.5, 0.6) is 0 Å². The van der Waals surface area contributed by atoms with Gasteiger partial charge in [0.05, 0.1) is 0 Å². The van der Waals surface area contributed by atoms with Crippen molar-refractivity contribution in [3.8, 4) is 0 Å². The third-order valence-electron chi connectivity index (χ3n) is 2.13. The van der Waals surface area contributed by atoms with Crippen LogP contribution in [0.1, 0.15) is 5.56 Å². The lowest BCUT2D eigenvalue weighted by Crippen LogP contribution is -2.36. The maximum atomic E-state index is 12.7. The number of aliphatic imine (C=N–C) groups is 1. The molecular formula is C11H16FN3. The maximum absolute atomic E-state index is 12.7. The molecule has 0 fully saturated rings. The molecule has 1 N–H and O–H groups in total. The Kier molecular flexibility index (Phi) is 4.09. The molecule has 0 bridgehead atoms. The minimum Gasteiger partial charge on any atom is -0.359 e. The normalized spacial score (nSPS) is 11.3. The number of hydrogen-bond acceptors (Lipinski definition) is 1. The summed E-state index contributed by atoms with van der Waals surface area (Å²) >= 11 is 0. The second kappa shape index (κ2) is 5.34. The van der Waals surface area contributed by atoms with Crippen molar-refractivity contribution in [3.63, 3.8) is 0 Å². The number of nitrogens with one attached hydrogen (secondary N) is 1. The zero-order valence-corrected chi connectivity index (χ0v) is 9.29. The molecule has 1 aromatic rings. The summed E-state index contributed by atoms with van der Waals surface area (Å²) in [6, 6.07) is 6.47. The van der Waals surface area contributed by atoms with Crippen molar-refractivity contribution in [1.29, 1.82) is 0 Å². The van der Waals surface area contributed by atoms with Crippen molar-refractivity contribution >= 4 is 5.96 Å². The van der Waals surface area contributed by atoms with Gasteiger partial charge in [-0.3, -0.25) is 4.99 Å². The fraction of sp³-hybridized carbons (Fsp3) is 0.364. The van der Waals surface area contributed by atoms with Gasteiger partial charge in [0.1, 0.15) is 5.82 Å². The fourth-order valence-corrected chi connectivity index (χ4v) is 1.41. The molecule has 1 rings (SSSR count). The highest BCUT2D eigenvalue weighted by molar-refractivity contribution is 5.79. The van der Waals surface area contributed by atoms with Gasteiger partial charge in [-0.05, 0) is 17.7 Å². The molecule has 0 radical (unpaired) electrons. The minimum atomic E-state index is -0.209. The van der Waals surface area contributed by atoms with E-state index >= 15 is 0 Å². The Morgan fingerprint density at radius 2 is 2.00 bits per heavy atom. The van der Waals surface area contributed by atoms with Crippen molar-refractivity contribution in [3.05, 3.63) is 35.6 Å². The Hall–Kier alpha value is -1.58. The van der Waals surface area contributed by atoms with Crippen LogP contribution >= 0.6 is 0 Å². The summed E-state index contributed by atoms with van der Waals surface area (Å²) in [6.07, 6.45) is 0. The topological polar surface area (TPSA) is 27.6 Å². The van der Waals surface area contributed by atoms with E-state index in [9.17, 15) is 4.39 Å². The molecule has 1 aromatic carbocycles. The average molecular weight is 209 g/mol. The molecule has 0 aliphatic heterocycles. The summed E-state index contributed by atoms with van der Waals surface area (Å²) < 4.78 is 12.7. The molecule has 3 nitrogen and oxygen atoms in total. The molecule has 0 aliphatic rings. The van der Waals surface area contributed by atoms with Crippen LogP contribution in [-0.4, -0.2) is 32.0 Å². The van der Waals surface area contributed by atoms with Gasteiger partial charge in [-0.1, -0.05) is 12.1 Å². The first kappa shape index (κ1) is 11.5. The molecule has 0 aromatic heterocycles. The summed E-state index contributed by atoms with van der Waals surface area (Å²) in [7, 11) is 5.48. The number of hydrogen-bond donors (Lipinski definition) is 1. The van der Waals surface area contributed by atoms with Gasteiger partial charge in [0.15, 0.2) is 5.96 Å². The molecular weight excluding hydrogens is 193 g/mol. The SMILES string of the molecule is CN=C(NC)N(C)Cc1ccc(F)cc1. The second-order valence-electron chi connectivity index (χ2n) is 3.28. The van der Waals surface area contributed by atoms with Crippen LogP contribution in [0.4, 0.5) is 4.39 Å². The third-order valence-corrected chi connectivity index (χ3v) is 2.13. The number of rotatable bonds is 2. The maximum Gasteiger partial charge on any atom is 0.193 e. The number of guanidine groups is 1. The van der Waals surface area contributed by atoms with Crippen LogP contribution < -0.4 is 5.32 Å². The molecule has 0 saturated carbocycles. The van der Waals surface area contributed by atoms with E-state index in [4.69, 9.17) is 0 Å². The highest BCUT2D eigenvalue weighted by atomic mass is 19.1. The Morgan fingerprint density at radius 3 is 2.47 bits per heavy atom. The zero-order valence-electron chi connectivity index (χ0n) is 9.29. The van der Waals surface area contributed by atoms with Crippen LogP contribution in [0.3, 0.4) is 0 Å². The van der Waals surface area contributed by atoms with Gasteiger partial charge >= 0.3 is 0 Å². The summed E-state index contributed by atoms with van der Waals surface area (Å²) in [4.78, 5) is 6.04. The first-order chi connectivity index (χ1) is 7.17. The monoisotopic (exact) mass is 209 g/mol. The predicted octanol–water partition coefficient (Wildman–Crippen LogP) is 1.46. The Morgan fingerprint density at radius 1 is 1.40 bits per heavy atom. The van der Waals surface area contributed by atoms with Crippen molar-refractivity contribution in [2.45, 2.75) is 6.54 Å². The minimum absolute atomic E-state index is 0.209. The van der Waals surface area contributed by atoms with Gasteiger partial charge in [-0.25, -0.2) is 4.39 Å². The number of benzene rings is 1. The summed E-state index contributed by atoms with van der Waals surface area (Å²) in [5, 5.41) is 2.98. The van der Waals surface area contributed by atoms with E-state index in [1.54, 1.807) is 19.2 Å². The fourth-order valence-electron chi connectivity index (χ4n) is 1.41. The second-order valence-corrected chi connectivity index (χ2v) is 3.28. The van der Waals surface area contributed by atoms with Crippen molar-refractivity contribution in [2.24, 2.45) is 4.99 Å². The lowest BCUT2D eigenvalue weighted by molar-refractivity contribution is 0.482. The summed E-state index contributed by atoms with van der Waals surface area (Å²) in [6.45, 7) is 0.702. The highest BCUT2D eigenvalue weighted by Gasteiger charge is 2.03. The molecule has 82 valence electrons. The number of halogens is 1. The van der Waals surface area contributed by atoms with E-state index < -0.39 is 0 Å². The van der Waals surface area contributed by atoms with E-state index in [1.807, 2.05) is 19.0 Å². The number of nitrogens with zero attached hydrogens (tertiary/aromatic N) is 2. The molecule has 0 unspecified atom stereocenters. The van der Waals surface area contributed by atoms with Gasteiger partial charge in [0.25, 0.3) is 0 Å². The van der Waals surface area contributed by atoms with Gasteiger partial charge in [0, 0.05) is 27.7 Å². The van der Waals surface area contributed by atoms with E-state index in [2.05, 4.69) is 10.3 Å². The lowest BCUT2D eigenvalue weighted by Gasteiger charge is -2.20. The highest BCUT2D eigenvalue weighted by Crippen LogP contribution is 2.05. The van der Waals surface area contributed by atoms with Crippen molar-refractivity contribution < 1.29 is 4.39 Å². The molecule has 0 spiro atoms. The van der Waals surface area contributed by atoms with Crippen molar-refractivity contribution in [1.82, 2.24) is 10.2 Å². The molecule has 0 saturated heterocycles. The molecule has 0 heterocycles. The quantitative estimate of drug-likeness (QED) is 0.590. The first-order valence-electron chi connectivity index (χ1n) is 4.77. The largest absolute Gasteiger partial charge is 0.359 e. The molecule has 15 heavy (non-hydrogen) atoms. The molecule has 0 atom stereocenters. The molecule has 0 aliphatic carbocycles. The smallest absolute Gasteiger partial charge is 0.193 e. The van der Waals surface area contributed by atoms with Gasteiger partial charge in [-0.2, -0.15) is 0 Å². The van der Waals surface area contributed by atoms with Gasteiger partial charge < -0.3 is 10.2 Å². The molecule has 4 heteroatoms. The van der Waals surface area contributed by atoms with E-state index in [-0.39, 0.29) is 5.82 Å². The van der Waals surface area contributed by atoms with E-state index in [1.165, 1.54) is 12.1 Å². The Labute approximate surface area is 89.6 Å². The van der Waals surface area contributed by atoms with Crippen LogP contribution in [0.15, 0.2) is 29.3 Å². The lowest BCUT2D eigenvalue weighted by atomic mass is 10.2. The van der Waals surface area contributed by atoms with Gasteiger partial charge in [-0.15, -0.1) is 0 Å². The Bertz CT molecular complexity index is 332. The Balaban J connectivity index is 2.65. The third kappa shape index (κ3) is 3.23. The standard InChI is InChI=1S/C11H16FN3/c1-13-11(14-2)15(3)8-9-4-6-10(12)7-5-9/h4-7H,8H2,1-3H3,(H,13,14).